The fraction of sp³-hybridized carbons (Fsp3) is 0.500. The number of aryl methyl sites for hydroxylation is 2. The number of pyridine rings is 1. The van der Waals surface area contributed by atoms with Crippen LogP contribution in [-0.2, 0) is 17.7 Å². The van der Waals surface area contributed by atoms with E-state index in [0.29, 0.717) is 24.4 Å². The number of nitrogen functional groups attached to an aromatic ring is 1. The maximum absolute atomic E-state index is 6.32. The lowest BCUT2D eigenvalue weighted by Gasteiger charge is -2.14. The van der Waals surface area contributed by atoms with Crippen molar-refractivity contribution in [3.63, 3.8) is 0 Å². The van der Waals surface area contributed by atoms with Gasteiger partial charge in [0.2, 0.25) is 0 Å². The minimum Gasteiger partial charge on any atom is -0.382 e. The van der Waals surface area contributed by atoms with Crippen LogP contribution >= 0.6 is 0 Å². The van der Waals surface area contributed by atoms with Gasteiger partial charge in [-0.15, -0.1) is 0 Å². The number of aromatic nitrogens is 3. The summed E-state index contributed by atoms with van der Waals surface area (Å²) in [6.07, 6.45) is 14.7. The number of fused-ring (bicyclic) bond motifs is 3. The highest BCUT2D eigenvalue weighted by Crippen LogP contribution is 2.34. The average Bonchev–Trinajstić information content (AvgIpc) is 3.55. The molecule has 5 rings (SSSR count). The van der Waals surface area contributed by atoms with Crippen molar-refractivity contribution in [2.24, 2.45) is 11.7 Å². The quantitative estimate of drug-likeness (QED) is 0.264. The molecule has 0 amide bonds. The first-order valence-electron chi connectivity index (χ1n) is 13.2. The molecule has 1 aliphatic carbocycles. The van der Waals surface area contributed by atoms with Crippen molar-refractivity contribution in [1.29, 1.82) is 0 Å². The van der Waals surface area contributed by atoms with Crippen molar-refractivity contribution in [2.45, 2.75) is 70.7 Å². The number of nitrogens with two attached hydrogens (primary N) is 2. The Bertz CT molecular complexity index is 1230. The minimum absolute atomic E-state index is 0.179. The van der Waals surface area contributed by atoms with Gasteiger partial charge in [0, 0.05) is 24.3 Å². The first-order chi connectivity index (χ1) is 17.2. The van der Waals surface area contributed by atoms with Gasteiger partial charge in [0.15, 0.2) is 5.82 Å². The van der Waals surface area contributed by atoms with E-state index in [-0.39, 0.29) is 6.23 Å². The summed E-state index contributed by atoms with van der Waals surface area (Å²) >= 11 is 0. The van der Waals surface area contributed by atoms with Crippen LogP contribution in [0.2, 0.25) is 0 Å². The summed E-state index contributed by atoms with van der Waals surface area (Å²) in [5, 5.41) is 4.72. The molecule has 5 N–H and O–H groups in total. The molecule has 0 saturated carbocycles. The number of benzene rings is 1. The fourth-order valence-corrected chi connectivity index (χ4v) is 5.20. The topological polar surface area (TPSA) is 107 Å². The number of para-hydroxylation sites is 1. The Balaban J connectivity index is 1.18. The Labute approximate surface area is 207 Å². The second-order valence-corrected chi connectivity index (χ2v) is 9.75. The van der Waals surface area contributed by atoms with E-state index >= 15 is 0 Å². The van der Waals surface area contributed by atoms with Gasteiger partial charge in [-0.05, 0) is 51.3 Å². The van der Waals surface area contributed by atoms with E-state index in [0.717, 1.165) is 85.8 Å². The lowest BCUT2D eigenvalue weighted by molar-refractivity contribution is 0.321. The van der Waals surface area contributed by atoms with Crippen molar-refractivity contribution in [1.82, 2.24) is 19.9 Å². The van der Waals surface area contributed by atoms with Gasteiger partial charge in [0.05, 0.1) is 11.0 Å². The third kappa shape index (κ3) is 5.27. The van der Waals surface area contributed by atoms with E-state index in [1.807, 2.05) is 12.1 Å². The molecule has 3 aromatic rings. The smallest absolute Gasteiger partial charge is 0.152 e. The molecule has 1 saturated heterocycles. The van der Waals surface area contributed by atoms with Crippen LogP contribution in [0.25, 0.3) is 21.9 Å². The summed E-state index contributed by atoms with van der Waals surface area (Å²) in [5.74, 6) is 2.12. The van der Waals surface area contributed by atoms with Crippen molar-refractivity contribution in [3.05, 3.63) is 53.9 Å². The standard InChI is InChI=1S/C28H38N6O/c1-2-3-10-23-33-24-25(21-8-4-5-9-22(21)32-27(24)30)34(23)18-7-6-17-31-28-26(35-28)20-13-11-19(12-14-20)15-16-29/h4-5,8-9,11-13,20,26,28,31H,2-3,6-7,10,14-18,29H2,1H3,(H2,30,32). The average molecular weight is 475 g/mol. The molecular formula is C28H38N6O. The Morgan fingerprint density at radius 1 is 1.14 bits per heavy atom. The Hall–Kier alpha value is -2.74. The highest BCUT2D eigenvalue weighted by atomic mass is 16.6. The minimum atomic E-state index is 0.179. The zero-order valence-corrected chi connectivity index (χ0v) is 20.7. The van der Waals surface area contributed by atoms with E-state index in [9.17, 15) is 0 Å². The first-order valence-corrected chi connectivity index (χ1v) is 13.2. The van der Waals surface area contributed by atoms with Gasteiger partial charge in [0.1, 0.15) is 23.7 Å². The van der Waals surface area contributed by atoms with Gasteiger partial charge in [-0.25, -0.2) is 9.97 Å². The second kappa shape index (κ2) is 10.9. The molecule has 7 heteroatoms. The molecule has 0 spiro atoms. The third-order valence-electron chi connectivity index (χ3n) is 7.19. The van der Waals surface area contributed by atoms with Crippen LogP contribution in [0.1, 0.15) is 51.3 Å². The molecule has 0 radical (unpaired) electrons. The number of hydrogen-bond acceptors (Lipinski definition) is 6. The summed E-state index contributed by atoms with van der Waals surface area (Å²) in [7, 11) is 0. The maximum Gasteiger partial charge on any atom is 0.152 e. The lowest BCUT2D eigenvalue weighted by Crippen LogP contribution is -2.24. The van der Waals surface area contributed by atoms with Gasteiger partial charge in [0.25, 0.3) is 0 Å². The van der Waals surface area contributed by atoms with Crippen LogP contribution in [0.5, 0.6) is 0 Å². The molecule has 1 aliphatic heterocycles. The number of anilines is 1. The SMILES string of the molecule is CCCCc1nc2c(N)nc3ccccc3c2n1CCCCNC1OC1C1C=CC(CCN)=CC1. The number of nitrogens with zero attached hydrogens (tertiary/aromatic N) is 3. The van der Waals surface area contributed by atoms with E-state index in [2.05, 4.69) is 52.2 Å². The normalized spacial score (nSPS) is 21.7. The number of ether oxygens (including phenoxy) is 1. The summed E-state index contributed by atoms with van der Waals surface area (Å²) in [6.45, 7) is 4.81. The van der Waals surface area contributed by atoms with Gasteiger partial charge in [-0.2, -0.15) is 0 Å². The van der Waals surface area contributed by atoms with Gasteiger partial charge >= 0.3 is 0 Å². The van der Waals surface area contributed by atoms with E-state index in [4.69, 9.17) is 21.2 Å². The van der Waals surface area contributed by atoms with Crippen LogP contribution in [0.3, 0.4) is 0 Å². The number of hydrogen-bond donors (Lipinski definition) is 3. The first kappa shape index (κ1) is 24.0. The zero-order valence-electron chi connectivity index (χ0n) is 20.7. The van der Waals surface area contributed by atoms with E-state index in [1.54, 1.807) is 0 Å². The predicted octanol–water partition coefficient (Wildman–Crippen LogP) is 4.46. The Kier molecular flexibility index (Phi) is 7.46. The van der Waals surface area contributed by atoms with Crippen molar-refractivity contribution in [2.75, 3.05) is 18.8 Å². The second-order valence-electron chi connectivity index (χ2n) is 9.75. The van der Waals surface area contributed by atoms with Crippen LogP contribution in [0, 0.1) is 5.92 Å². The number of epoxide rings is 1. The highest BCUT2D eigenvalue weighted by Gasteiger charge is 2.43. The van der Waals surface area contributed by atoms with Gasteiger partial charge in [-0.3, -0.25) is 5.32 Å². The predicted molar refractivity (Wildman–Crippen MR) is 143 cm³/mol. The molecular weight excluding hydrogens is 436 g/mol. The molecule has 7 nitrogen and oxygen atoms in total. The molecule has 3 atom stereocenters. The molecule has 2 aromatic heterocycles. The lowest BCUT2D eigenvalue weighted by atomic mass is 9.92. The number of nitrogens with one attached hydrogen (secondary N) is 1. The van der Waals surface area contributed by atoms with Crippen LogP contribution < -0.4 is 16.8 Å². The molecule has 1 fully saturated rings. The number of imidazole rings is 1. The number of rotatable bonds is 12. The summed E-state index contributed by atoms with van der Waals surface area (Å²) in [4.78, 5) is 9.53. The molecule has 186 valence electrons. The van der Waals surface area contributed by atoms with Crippen LogP contribution in [-0.4, -0.2) is 40.0 Å². The third-order valence-corrected chi connectivity index (χ3v) is 7.19. The molecule has 1 aromatic carbocycles. The van der Waals surface area contributed by atoms with Crippen LogP contribution in [0.15, 0.2) is 48.1 Å². The number of allylic oxidation sites excluding steroid dienone is 2. The molecule has 0 bridgehead atoms. The Morgan fingerprint density at radius 2 is 2.03 bits per heavy atom. The van der Waals surface area contributed by atoms with Crippen molar-refractivity contribution < 1.29 is 4.74 Å². The Morgan fingerprint density at radius 3 is 2.83 bits per heavy atom. The van der Waals surface area contributed by atoms with E-state index < -0.39 is 0 Å². The van der Waals surface area contributed by atoms with Gasteiger partial charge < -0.3 is 20.8 Å². The summed E-state index contributed by atoms with van der Waals surface area (Å²) < 4.78 is 8.32. The maximum atomic E-state index is 6.32. The largest absolute Gasteiger partial charge is 0.382 e. The fourth-order valence-electron chi connectivity index (χ4n) is 5.20. The van der Waals surface area contributed by atoms with Crippen LogP contribution in [0.4, 0.5) is 5.82 Å². The monoisotopic (exact) mass is 474 g/mol. The van der Waals surface area contributed by atoms with Crippen molar-refractivity contribution in [3.8, 4) is 0 Å². The molecule has 35 heavy (non-hydrogen) atoms. The molecule has 3 unspecified atom stereocenters. The van der Waals surface area contributed by atoms with E-state index in [1.165, 1.54) is 5.57 Å². The summed E-state index contributed by atoms with van der Waals surface area (Å²) in [6, 6.07) is 8.23. The van der Waals surface area contributed by atoms with Gasteiger partial charge in [-0.1, -0.05) is 55.3 Å². The molecule has 3 heterocycles. The highest BCUT2D eigenvalue weighted by molar-refractivity contribution is 6.06. The summed E-state index contributed by atoms with van der Waals surface area (Å²) in [5.41, 5.74) is 16.2. The van der Waals surface area contributed by atoms with Crippen molar-refractivity contribution >= 4 is 27.8 Å². The molecule has 2 aliphatic rings. The number of unbranched alkanes of at least 4 members (excludes halogenated alkanes) is 2. The zero-order chi connectivity index (χ0) is 24.2.